The van der Waals surface area contributed by atoms with Crippen LogP contribution in [0.3, 0.4) is 0 Å². The third-order valence-corrected chi connectivity index (χ3v) is 1.71. The van der Waals surface area contributed by atoms with Gasteiger partial charge in [0.2, 0.25) is 0 Å². The van der Waals surface area contributed by atoms with Crippen LogP contribution in [0.25, 0.3) is 11.4 Å². The van der Waals surface area contributed by atoms with Crippen molar-refractivity contribution < 1.29 is 0 Å². The molecule has 2 rings (SSSR count). The van der Waals surface area contributed by atoms with Crippen LogP contribution in [0.4, 0.5) is 0 Å². The van der Waals surface area contributed by atoms with E-state index in [0.29, 0.717) is 0 Å². The third kappa shape index (κ3) is 1.69. The van der Waals surface area contributed by atoms with Crippen LogP contribution in [0.5, 0.6) is 0 Å². The van der Waals surface area contributed by atoms with Crippen molar-refractivity contribution in [2.24, 2.45) is 0 Å². The predicted molar refractivity (Wildman–Crippen MR) is 50.0 cm³/mol. The molecule has 3 nitrogen and oxygen atoms in total. The van der Waals surface area contributed by atoms with Gasteiger partial charge in [-0.1, -0.05) is 6.07 Å². The van der Waals surface area contributed by atoms with Crippen LogP contribution in [0.1, 0.15) is 5.69 Å². The second-order valence-electron chi connectivity index (χ2n) is 2.76. The van der Waals surface area contributed by atoms with Crippen LogP contribution in [0.2, 0.25) is 0 Å². The van der Waals surface area contributed by atoms with Crippen LogP contribution < -0.4 is 0 Å². The van der Waals surface area contributed by atoms with Crippen molar-refractivity contribution in [2.75, 3.05) is 0 Å². The number of aryl methyl sites for hydroxylation is 1. The van der Waals surface area contributed by atoms with E-state index >= 15 is 0 Å². The van der Waals surface area contributed by atoms with Gasteiger partial charge in [-0.05, 0) is 19.1 Å². The number of hydrogen-bond donors (Lipinski definition) is 0. The van der Waals surface area contributed by atoms with Gasteiger partial charge in [0.25, 0.3) is 0 Å². The Balaban J connectivity index is 2.42. The summed E-state index contributed by atoms with van der Waals surface area (Å²) in [4.78, 5) is 12.6. The van der Waals surface area contributed by atoms with Gasteiger partial charge in [-0.15, -0.1) is 0 Å². The Morgan fingerprint density at radius 3 is 2.46 bits per heavy atom. The van der Waals surface area contributed by atoms with Gasteiger partial charge < -0.3 is 0 Å². The first-order valence-corrected chi connectivity index (χ1v) is 4.06. The average molecular weight is 171 g/mol. The monoisotopic (exact) mass is 171 g/mol. The Morgan fingerprint density at radius 1 is 0.923 bits per heavy atom. The third-order valence-electron chi connectivity index (χ3n) is 1.71. The molecule has 0 saturated heterocycles. The summed E-state index contributed by atoms with van der Waals surface area (Å²) < 4.78 is 0. The van der Waals surface area contributed by atoms with Crippen LogP contribution in [-0.4, -0.2) is 15.0 Å². The zero-order valence-corrected chi connectivity index (χ0v) is 7.31. The van der Waals surface area contributed by atoms with Crippen LogP contribution in [0.15, 0.2) is 36.8 Å². The second kappa shape index (κ2) is 3.31. The summed E-state index contributed by atoms with van der Waals surface area (Å²) in [6.45, 7) is 1.91. The minimum atomic E-state index is 0.811. The van der Waals surface area contributed by atoms with E-state index < -0.39 is 0 Å². The highest BCUT2D eigenvalue weighted by atomic mass is 14.8. The molecular weight excluding hydrogens is 162 g/mol. The molecule has 13 heavy (non-hydrogen) atoms. The van der Waals surface area contributed by atoms with Gasteiger partial charge in [-0.2, -0.15) is 0 Å². The Bertz CT molecular complexity index is 381. The summed E-state index contributed by atoms with van der Waals surface area (Å²) in [5, 5.41) is 0. The fourth-order valence-corrected chi connectivity index (χ4v) is 1.04. The molecule has 0 amide bonds. The zero-order chi connectivity index (χ0) is 9.10. The summed E-state index contributed by atoms with van der Waals surface area (Å²) in [7, 11) is 0. The molecule has 64 valence electrons. The Hall–Kier alpha value is -1.77. The first kappa shape index (κ1) is 7.86. The molecule has 0 fully saturated rings. The SMILES string of the molecule is Cc1cnc(-c2ccccn2)cn1. The maximum absolute atomic E-state index is 4.22. The predicted octanol–water partition coefficient (Wildman–Crippen LogP) is 1.85. The van der Waals surface area contributed by atoms with Crippen molar-refractivity contribution in [1.29, 1.82) is 0 Å². The molecule has 0 atom stereocenters. The molecule has 0 radical (unpaired) electrons. The Kier molecular flexibility index (Phi) is 2.00. The van der Waals surface area contributed by atoms with Gasteiger partial charge in [0.15, 0.2) is 0 Å². The van der Waals surface area contributed by atoms with Crippen molar-refractivity contribution in [3.05, 3.63) is 42.5 Å². The van der Waals surface area contributed by atoms with Gasteiger partial charge in [-0.25, -0.2) is 0 Å². The molecule has 0 N–H and O–H groups in total. The smallest absolute Gasteiger partial charge is 0.107 e. The molecule has 3 heteroatoms. The lowest BCUT2D eigenvalue weighted by molar-refractivity contribution is 1.11. The lowest BCUT2D eigenvalue weighted by Gasteiger charge is -1.97. The van der Waals surface area contributed by atoms with Crippen molar-refractivity contribution in [3.63, 3.8) is 0 Å². The molecule has 0 aliphatic rings. The highest BCUT2D eigenvalue weighted by Crippen LogP contribution is 2.10. The topological polar surface area (TPSA) is 38.7 Å². The van der Waals surface area contributed by atoms with E-state index in [0.717, 1.165) is 17.1 Å². The number of aromatic nitrogens is 3. The molecule has 0 aliphatic heterocycles. The average Bonchev–Trinajstić information content (AvgIpc) is 2.20. The molecule has 2 heterocycles. The number of rotatable bonds is 1. The first-order chi connectivity index (χ1) is 6.36. The van der Waals surface area contributed by atoms with Crippen molar-refractivity contribution in [3.8, 4) is 11.4 Å². The molecule has 2 aromatic rings. The lowest BCUT2D eigenvalue weighted by Crippen LogP contribution is -1.89. The summed E-state index contributed by atoms with van der Waals surface area (Å²) in [6, 6.07) is 5.73. The van der Waals surface area contributed by atoms with Gasteiger partial charge >= 0.3 is 0 Å². The Morgan fingerprint density at radius 2 is 1.85 bits per heavy atom. The van der Waals surface area contributed by atoms with E-state index in [1.165, 1.54) is 0 Å². The molecule has 0 unspecified atom stereocenters. The summed E-state index contributed by atoms with van der Waals surface area (Å²) >= 11 is 0. The Labute approximate surface area is 76.5 Å². The molecule has 0 saturated carbocycles. The van der Waals surface area contributed by atoms with Crippen LogP contribution in [0, 0.1) is 6.92 Å². The van der Waals surface area contributed by atoms with E-state index in [9.17, 15) is 0 Å². The number of nitrogens with zero attached hydrogens (tertiary/aromatic N) is 3. The van der Waals surface area contributed by atoms with Crippen LogP contribution in [-0.2, 0) is 0 Å². The molecular formula is C10H9N3. The number of pyridine rings is 1. The van der Waals surface area contributed by atoms with Crippen molar-refractivity contribution in [2.45, 2.75) is 6.92 Å². The van der Waals surface area contributed by atoms with Crippen LogP contribution >= 0.6 is 0 Å². The summed E-state index contributed by atoms with van der Waals surface area (Å²) in [5.41, 5.74) is 2.58. The summed E-state index contributed by atoms with van der Waals surface area (Å²) in [5.74, 6) is 0. The quantitative estimate of drug-likeness (QED) is 0.657. The van der Waals surface area contributed by atoms with Gasteiger partial charge in [0.1, 0.15) is 5.69 Å². The van der Waals surface area contributed by atoms with E-state index in [2.05, 4.69) is 15.0 Å². The van der Waals surface area contributed by atoms with E-state index in [-0.39, 0.29) is 0 Å². The highest BCUT2D eigenvalue weighted by Gasteiger charge is 1.98. The van der Waals surface area contributed by atoms with Gasteiger partial charge in [0.05, 0.1) is 17.6 Å². The molecule has 0 bridgehead atoms. The standard InChI is InChI=1S/C10H9N3/c1-8-6-13-10(7-12-8)9-4-2-3-5-11-9/h2-7H,1H3. The lowest BCUT2D eigenvalue weighted by atomic mass is 10.3. The zero-order valence-electron chi connectivity index (χ0n) is 7.31. The highest BCUT2D eigenvalue weighted by molar-refractivity contribution is 5.51. The minimum absolute atomic E-state index is 0.811. The van der Waals surface area contributed by atoms with Gasteiger partial charge in [-0.3, -0.25) is 15.0 Å². The normalized spacial score (nSPS) is 9.92. The fourth-order valence-electron chi connectivity index (χ4n) is 1.04. The maximum Gasteiger partial charge on any atom is 0.107 e. The van der Waals surface area contributed by atoms with Crippen molar-refractivity contribution >= 4 is 0 Å². The molecule has 2 aromatic heterocycles. The van der Waals surface area contributed by atoms with E-state index in [1.54, 1.807) is 18.6 Å². The molecule has 0 spiro atoms. The maximum atomic E-state index is 4.22. The van der Waals surface area contributed by atoms with Gasteiger partial charge in [0, 0.05) is 12.4 Å². The minimum Gasteiger partial charge on any atom is -0.258 e. The fraction of sp³-hybridized carbons (Fsp3) is 0.100. The first-order valence-electron chi connectivity index (χ1n) is 4.06. The number of hydrogen-bond acceptors (Lipinski definition) is 3. The van der Waals surface area contributed by atoms with E-state index in [1.807, 2.05) is 25.1 Å². The molecule has 0 aromatic carbocycles. The van der Waals surface area contributed by atoms with E-state index in [4.69, 9.17) is 0 Å². The largest absolute Gasteiger partial charge is 0.258 e. The van der Waals surface area contributed by atoms with Crippen molar-refractivity contribution in [1.82, 2.24) is 15.0 Å². The second-order valence-corrected chi connectivity index (χ2v) is 2.76. The summed E-state index contributed by atoms with van der Waals surface area (Å²) in [6.07, 6.45) is 5.22. The molecule has 0 aliphatic carbocycles.